The maximum atomic E-state index is 13.4. The Kier molecular flexibility index (Phi) is 4.35. The van der Waals surface area contributed by atoms with Gasteiger partial charge in [0, 0.05) is 11.6 Å². The highest BCUT2D eigenvalue weighted by Crippen LogP contribution is 2.38. The van der Waals surface area contributed by atoms with Gasteiger partial charge in [0.1, 0.15) is 5.82 Å². The molecule has 0 radical (unpaired) electrons. The van der Waals surface area contributed by atoms with Crippen LogP contribution in [0.25, 0.3) is 0 Å². The highest BCUT2D eigenvalue weighted by Gasteiger charge is 2.17. The van der Waals surface area contributed by atoms with Gasteiger partial charge in [0.2, 0.25) is 0 Å². The van der Waals surface area contributed by atoms with Crippen LogP contribution in [-0.2, 0) is 6.42 Å². The first-order valence-electron chi connectivity index (χ1n) is 4.44. The molecule has 3 nitrogen and oxygen atoms in total. The fraction of sp³-hybridized carbons (Fsp3) is 0.400. The standard InChI is InChI=1S/C10H13BrFNO2/c1-14-8-5-7(12)9(11)6(3-4-13)10(8)15-2/h5H,3-4,13H2,1-2H3. The van der Waals surface area contributed by atoms with E-state index in [9.17, 15) is 4.39 Å². The molecule has 5 heteroatoms. The predicted molar refractivity (Wildman–Crippen MR) is 60.0 cm³/mol. The third-order valence-corrected chi connectivity index (χ3v) is 2.91. The van der Waals surface area contributed by atoms with Gasteiger partial charge in [-0.1, -0.05) is 0 Å². The zero-order chi connectivity index (χ0) is 11.4. The average molecular weight is 278 g/mol. The largest absolute Gasteiger partial charge is 0.493 e. The van der Waals surface area contributed by atoms with Crippen molar-refractivity contribution in [1.82, 2.24) is 0 Å². The van der Waals surface area contributed by atoms with Gasteiger partial charge in [-0.15, -0.1) is 0 Å². The van der Waals surface area contributed by atoms with Crippen molar-refractivity contribution < 1.29 is 13.9 Å². The van der Waals surface area contributed by atoms with Crippen molar-refractivity contribution >= 4 is 15.9 Å². The third-order valence-electron chi connectivity index (χ3n) is 2.05. The SMILES string of the molecule is COc1cc(F)c(Br)c(CCN)c1OC. The predicted octanol–water partition coefficient (Wildman–Crippen LogP) is 2.11. The van der Waals surface area contributed by atoms with Gasteiger partial charge in [-0.3, -0.25) is 0 Å². The van der Waals surface area contributed by atoms with Gasteiger partial charge in [-0.25, -0.2) is 4.39 Å². The van der Waals surface area contributed by atoms with Crippen LogP contribution in [0.2, 0.25) is 0 Å². The lowest BCUT2D eigenvalue weighted by Crippen LogP contribution is -2.07. The Hall–Kier alpha value is -0.810. The Morgan fingerprint density at radius 2 is 2.07 bits per heavy atom. The highest BCUT2D eigenvalue weighted by molar-refractivity contribution is 9.10. The van der Waals surface area contributed by atoms with Gasteiger partial charge in [0.05, 0.1) is 18.7 Å². The number of hydrogen-bond acceptors (Lipinski definition) is 3. The summed E-state index contributed by atoms with van der Waals surface area (Å²) in [4.78, 5) is 0. The zero-order valence-electron chi connectivity index (χ0n) is 8.64. The third kappa shape index (κ3) is 2.41. The summed E-state index contributed by atoms with van der Waals surface area (Å²) in [5.41, 5.74) is 6.15. The summed E-state index contributed by atoms with van der Waals surface area (Å²) in [7, 11) is 2.99. The molecule has 0 atom stereocenters. The maximum Gasteiger partial charge on any atom is 0.165 e. The van der Waals surface area contributed by atoms with Crippen molar-refractivity contribution in [2.75, 3.05) is 20.8 Å². The zero-order valence-corrected chi connectivity index (χ0v) is 10.2. The number of ether oxygens (including phenoxy) is 2. The Morgan fingerprint density at radius 1 is 1.40 bits per heavy atom. The van der Waals surface area contributed by atoms with Crippen molar-refractivity contribution in [3.05, 3.63) is 21.9 Å². The summed E-state index contributed by atoms with van der Waals surface area (Å²) in [6, 6.07) is 1.28. The second-order valence-electron chi connectivity index (χ2n) is 2.93. The van der Waals surface area contributed by atoms with E-state index in [1.165, 1.54) is 20.3 Å². The summed E-state index contributed by atoms with van der Waals surface area (Å²) in [6.45, 7) is 0.418. The smallest absolute Gasteiger partial charge is 0.165 e. The summed E-state index contributed by atoms with van der Waals surface area (Å²) in [5, 5.41) is 0. The molecule has 0 fully saturated rings. The minimum Gasteiger partial charge on any atom is -0.493 e. The van der Waals surface area contributed by atoms with E-state index in [4.69, 9.17) is 15.2 Å². The van der Waals surface area contributed by atoms with E-state index in [1.54, 1.807) is 0 Å². The van der Waals surface area contributed by atoms with Crippen LogP contribution in [0, 0.1) is 5.82 Å². The summed E-state index contributed by atoms with van der Waals surface area (Å²) in [5.74, 6) is 0.522. The van der Waals surface area contributed by atoms with Crippen LogP contribution in [0.5, 0.6) is 11.5 Å². The summed E-state index contributed by atoms with van der Waals surface area (Å²) in [6.07, 6.45) is 0.526. The monoisotopic (exact) mass is 277 g/mol. The maximum absolute atomic E-state index is 13.4. The Bertz CT molecular complexity index is 358. The molecule has 1 aromatic rings. The molecule has 0 bridgehead atoms. The number of benzene rings is 1. The number of rotatable bonds is 4. The Labute approximate surface area is 96.5 Å². The molecule has 0 unspecified atom stereocenters. The fourth-order valence-corrected chi connectivity index (χ4v) is 1.87. The summed E-state index contributed by atoms with van der Waals surface area (Å²) >= 11 is 3.17. The van der Waals surface area contributed by atoms with E-state index < -0.39 is 0 Å². The first kappa shape index (κ1) is 12.3. The summed E-state index contributed by atoms with van der Waals surface area (Å²) < 4.78 is 24.0. The molecule has 84 valence electrons. The minimum atomic E-state index is -0.379. The normalized spacial score (nSPS) is 10.2. The van der Waals surface area contributed by atoms with Crippen LogP contribution in [0.3, 0.4) is 0 Å². The molecule has 0 aliphatic heterocycles. The molecular weight excluding hydrogens is 265 g/mol. The van der Waals surface area contributed by atoms with Gasteiger partial charge < -0.3 is 15.2 Å². The quantitative estimate of drug-likeness (QED) is 0.917. The Balaban J connectivity index is 3.35. The van der Waals surface area contributed by atoms with E-state index in [0.717, 1.165) is 0 Å². The van der Waals surface area contributed by atoms with Gasteiger partial charge in [-0.05, 0) is 28.9 Å². The van der Waals surface area contributed by atoms with Gasteiger partial charge >= 0.3 is 0 Å². The first-order valence-corrected chi connectivity index (χ1v) is 5.23. The van der Waals surface area contributed by atoms with Crippen molar-refractivity contribution in [3.8, 4) is 11.5 Å². The van der Waals surface area contributed by atoms with E-state index in [2.05, 4.69) is 15.9 Å². The molecule has 0 aliphatic carbocycles. The molecule has 1 rings (SSSR count). The second-order valence-corrected chi connectivity index (χ2v) is 3.72. The second kappa shape index (κ2) is 5.32. The van der Waals surface area contributed by atoms with E-state index in [0.29, 0.717) is 34.5 Å². The van der Waals surface area contributed by atoms with Gasteiger partial charge in [0.15, 0.2) is 11.5 Å². The molecule has 2 N–H and O–H groups in total. The highest BCUT2D eigenvalue weighted by atomic mass is 79.9. The molecular formula is C10H13BrFNO2. The minimum absolute atomic E-state index is 0.377. The molecule has 0 spiro atoms. The molecule has 0 aliphatic rings. The van der Waals surface area contributed by atoms with Crippen LogP contribution in [0.15, 0.2) is 10.5 Å². The van der Waals surface area contributed by atoms with Gasteiger partial charge in [-0.2, -0.15) is 0 Å². The fourth-order valence-electron chi connectivity index (χ4n) is 1.38. The molecule has 0 heterocycles. The lowest BCUT2D eigenvalue weighted by atomic mass is 10.1. The molecule has 0 aromatic heterocycles. The Morgan fingerprint density at radius 3 is 2.53 bits per heavy atom. The van der Waals surface area contributed by atoms with Crippen molar-refractivity contribution in [2.45, 2.75) is 6.42 Å². The molecule has 0 amide bonds. The number of halogens is 2. The topological polar surface area (TPSA) is 44.5 Å². The number of methoxy groups -OCH3 is 2. The van der Waals surface area contributed by atoms with Crippen molar-refractivity contribution in [1.29, 1.82) is 0 Å². The molecule has 1 aromatic carbocycles. The number of nitrogens with two attached hydrogens (primary N) is 1. The van der Waals surface area contributed by atoms with Crippen LogP contribution in [0.4, 0.5) is 4.39 Å². The first-order chi connectivity index (χ1) is 7.15. The lowest BCUT2D eigenvalue weighted by molar-refractivity contribution is 0.348. The molecule has 15 heavy (non-hydrogen) atoms. The van der Waals surface area contributed by atoms with E-state index >= 15 is 0 Å². The van der Waals surface area contributed by atoms with Gasteiger partial charge in [0.25, 0.3) is 0 Å². The van der Waals surface area contributed by atoms with Crippen LogP contribution in [-0.4, -0.2) is 20.8 Å². The number of hydrogen-bond donors (Lipinski definition) is 1. The van der Waals surface area contributed by atoms with Crippen LogP contribution >= 0.6 is 15.9 Å². The van der Waals surface area contributed by atoms with Crippen molar-refractivity contribution in [2.24, 2.45) is 5.73 Å². The van der Waals surface area contributed by atoms with Crippen LogP contribution in [0.1, 0.15) is 5.56 Å². The lowest BCUT2D eigenvalue weighted by Gasteiger charge is -2.14. The van der Waals surface area contributed by atoms with E-state index in [1.807, 2.05) is 0 Å². The molecule has 0 saturated heterocycles. The van der Waals surface area contributed by atoms with Crippen molar-refractivity contribution in [3.63, 3.8) is 0 Å². The average Bonchev–Trinajstić information content (AvgIpc) is 2.24. The van der Waals surface area contributed by atoms with Crippen LogP contribution < -0.4 is 15.2 Å². The van der Waals surface area contributed by atoms with E-state index in [-0.39, 0.29) is 5.82 Å². The molecule has 0 saturated carbocycles.